The number of nitrogens with zero attached hydrogens (tertiary/aromatic N) is 3. The van der Waals surface area contributed by atoms with E-state index in [0.717, 1.165) is 22.6 Å². The Kier molecular flexibility index (Phi) is 7.10. The third kappa shape index (κ3) is 5.52. The first-order chi connectivity index (χ1) is 14.9. The van der Waals surface area contributed by atoms with Gasteiger partial charge in [-0.05, 0) is 48.7 Å². The lowest BCUT2D eigenvalue weighted by atomic mass is 10.2. The number of pyridine rings is 1. The average Bonchev–Trinajstić information content (AvgIpc) is 2.99. The monoisotopic (exact) mass is 439 g/mol. The third-order valence-electron chi connectivity index (χ3n) is 4.98. The van der Waals surface area contributed by atoms with E-state index in [1.807, 2.05) is 36.5 Å². The van der Waals surface area contributed by atoms with Crippen LogP contribution in [0.5, 0.6) is 5.88 Å². The van der Waals surface area contributed by atoms with Gasteiger partial charge in [-0.3, -0.25) is 0 Å². The number of aromatic nitrogens is 2. The van der Waals surface area contributed by atoms with Gasteiger partial charge in [0.05, 0.1) is 0 Å². The normalized spacial score (nSPS) is 10.4. The highest BCUT2D eigenvalue weighted by Crippen LogP contribution is 2.32. The Morgan fingerprint density at radius 2 is 1.71 bits per heavy atom. The molecule has 31 heavy (non-hydrogen) atoms. The molecule has 0 spiro atoms. The second-order valence-electron chi connectivity index (χ2n) is 6.95. The van der Waals surface area contributed by atoms with E-state index < -0.39 is 5.09 Å². The zero-order valence-electron chi connectivity index (χ0n) is 17.2. The van der Waals surface area contributed by atoms with Gasteiger partial charge in [-0.1, -0.05) is 54.1 Å². The van der Waals surface area contributed by atoms with Crippen LogP contribution in [-0.4, -0.2) is 19.8 Å². The van der Waals surface area contributed by atoms with Gasteiger partial charge in [0.2, 0.25) is 5.88 Å². The van der Waals surface area contributed by atoms with Gasteiger partial charge in [0.1, 0.15) is 12.1 Å². The summed E-state index contributed by atoms with van der Waals surface area (Å²) >= 11 is 5.97. The number of fused-ring (bicyclic) bond motifs is 1. The van der Waals surface area contributed by atoms with E-state index in [9.17, 15) is 0 Å². The molecule has 4 aromatic rings. The van der Waals surface area contributed by atoms with E-state index in [1.54, 1.807) is 0 Å². The lowest BCUT2D eigenvalue weighted by Gasteiger charge is -2.12. The average molecular weight is 440 g/mol. The zero-order valence-corrected chi connectivity index (χ0v) is 17.9. The van der Waals surface area contributed by atoms with E-state index in [4.69, 9.17) is 31.7 Å². The van der Waals surface area contributed by atoms with Crippen LogP contribution in [0.2, 0.25) is 5.02 Å². The predicted molar refractivity (Wildman–Crippen MR) is 119 cm³/mol. The van der Waals surface area contributed by atoms with Crippen LogP contribution in [0, 0.1) is 24.0 Å². The van der Waals surface area contributed by atoms with Crippen molar-refractivity contribution in [2.75, 3.05) is 0 Å². The summed E-state index contributed by atoms with van der Waals surface area (Å²) in [4.78, 5) is 12.9. The van der Waals surface area contributed by atoms with Gasteiger partial charge in [0.25, 0.3) is 5.09 Å². The summed E-state index contributed by atoms with van der Waals surface area (Å²) in [5.74, 6) is 0.662. The summed E-state index contributed by atoms with van der Waals surface area (Å²) in [7, 11) is 0. The number of rotatable bonds is 5. The molecule has 0 saturated carbocycles. The molecule has 0 aliphatic heterocycles. The molecule has 8 heteroatoms. The van der Waals surface area contributed by atoms with Gasteiger partial charge in [-0.25, -0.2) is 4.98 Å². The van der Waals surface area contributed by atoms with Crippen LogP contribution in [0.15, 0.2) is 66.9 Å². The highest BCUT2D eigenvalue weighted by atomic mass is 35.5. The van der Waals surface area contributed by atoms with Crippen molar-refractivity contribution in [3.05, 3.63) is 104 Å². The van der Waals surface area contributed by atoms with Crippen LogP contribution < -0.4 is 4.74 Å². The minimum atomic E-state index is -1.50. The Bertz CT molecular complexity index is 1170. The summed E-state index contributed by atoms with van der Waals surface area (Å²) < 4.78 is 8.41. The molecule has 4 rings (SSSR count). The number of benzene rings is 2. The molecule has 0 radical (unpaired) electrons. The quantitative estimate of drug-likeness (QED) is 0.323. The van der Waals surface area contributed by atoms with Gasteiger partial charge in [-0.2, -0.15) is 0 Å². The standard InChI is InChI=1S/C23H21ClN2O.HNO3/c1-16-17(2)26(14-18-6-4-3-5-7-18)22-21(16)12-13-25-23(22)27-15-19-8-10-20(24)11-9-19;2-1(3)4/h3-13H,14-15H2,1-2H3;(H,2,3,4). The van der Waals surface area contributed by atoms with Crippen LogP contribution in [0.4, 0.5) is 0 Å². The van der Waals surface area contributed by atoms with Crippen LogP contribution in [0.25, 0.3) is 10.9 Å². The molecular weight excluding hydrogens is 418 g/mol. The van der Waals surface area contributed by atoms with Crippen molar-refractivity contribution in [1.82, 2.24) is 9.55 Å². The number of aryl methyl sites for hydroxylation is 1. The van der Waals surface area contributed by atoms with Gasteiger partial charge in [0.15, 0.2) is 0 Å². The molecule has 0 unspecified atom stereocenters. The Labute approximate surface area is 184 Å². The molecule has 2 heterocycles. The van der Waals surface area contributed by atoms with Crippen LogP contribution in [0.1, 0.15) is 22.4 Å². The molecule has 0 saturated heterocycles. The summed E-state index contributed by atoms with van der Waals surface area (Å²) in [5, 5.41) is 15.5. The van der Waals surface area contributed by atoms with Gasteiger partial charge >= 0.3 is 0 Å². The van der Waals surface area contributed by atoms with Gasteiger partial charge in [0, 0.05) is 28.8 Å². The summed E-state index contributed by atoms with van der Waals surface area (Å²) in [6.07, 6.45) is 1.82. The molecule has 0 aliphatic carbocycles. The largest absolute Gasteiger partial charge is 0.471 e. The third-order valence-corrected chi connectivity index (χ3v) is 5.24. The smallest absolute Gasteiger partial charge is 0.291 e. The van der Waals surface area contributed by atoms with Gasteiger partial charge in [-0.15, -0.1) is 10.1 Å². The molecule has 160 valence electrons. The van der Waals surface area contributed by atoms with Crippen molar-refractivity contribution < 1.29 is 15.0 Å². The number of hydrogen-bond acceptors (Lipinski definition) is 4. The van der Waals surface area contributed by atoms with E-state index in [1.165, 1.54) is 22.2 Å². The Balaban J connectivity index is 0.000000628. The topological polar surface area (TPSA) is 90.4 Å². The van der Waals surface area contributed by atoms with E-state index in [0.29, 0.717) is 12.5 Å². The first-order valence-corrected chi connectivity index (χ1v) is 9.93. The zero-order chi connectivity index (χ0) is 22.4. The Morgan fingerprint density at radius 3 is 2.35 bits per heavy atom. The highest BCUT2D eigenvalue weighted by Gasteiger charge is 2.16. The maximum atomic E-state index is 8.36. The van der Waals surface area contributed by atoms with Crippen molar-refractivity contribution in [2.24, 2.45) is 0 Å². The van der Waals surface area contributed by atoms with Crippen LogP contribution >= 0.6 is 11.6 Å². The molecule has 2 aromatic heterocycles. The van der Waals surface area contributed by atoms with Gasteiger partial charge < -0.3 is 14.5 Å². The highest BCUT2D eigenvalue weighted by molar-refractivity contribution is 6.30. The Morgan fingerprint density at radius 1 is 1.06 bits per heavy atom. The molecule has 0 amide bonds. The predicted octanol–water partition coefficient (Wildman–Crippen LogP) is 5.59. The SMILES string of the molecule is Cc1c(C)n(Cc2ccccc2)c2c(OCc3ccc(Cl)cc3)nccc12.O=[N+]([O-])O. The van der Waals surface area contributed by atoms with Crippen molar-refractivity contribution >= 4 is 22.5 Å². The lowest BCUT2D eigenvalue weighted by Crippen LogP contribution is -2.05. The maximum Gasteiger partial charge on any atom is 0.291 e. The fourth-order valence-electron chi connectivity index (χ4n) is 3.36. The molecule has 2 aromatic carbocycles. The minimum absolute atomic E-state index is 0.456. The van der Waals surface area contributed by atoms with Crippen LogP contribution in [-0.2, 0) is 13.2 Å². The van der Waals surface area contributed by atoms with E-state index >= 15 is 0 Å². The number of hydrogen-bond donors (Lipinski definition) is 1. The minimum Gasteiger partial charge on any atom is -0.471 e. The second kappa shape index (κ2) is 9.95. The first-order valence-electron chi connectivity index (χ1n) is 9.55. The maximum absolute atomic E-state index is 8.36. The Hall–Kier alpha value is -3.58. The summed E-state index contributed by atoms with van der Waals surface area (Å²) in [5.41, 5.74) is 5.86. The number of ether oxygens (including phenoxy) is 1. The summed E-state index contributed by atoms with van der Waals surface area (Å²) in [6, 6.07) is 20.2. The van der Waals surface area contributed by atoms with Crippen LogP contribution in [0.3, 0.4) is 0 Å². The van der Waals surface area contributed by atoms with Crippen molar-refractivity contribution in [3.8, 4) is 5.88 Å². The molecule has 0 atom stereocenters. The summed E-state index contributed by atoms with van der Waals surface area (Å²) in [6.45, 7) is 5.56. The molecular formula is C23H22ClN3O4. The van der Waals surface area contributed by atoms with E-state index in [2.05, 4.69) is 53.7 Å². The van der Waals surface area contributed by atoms with Crippen molar-refractivity contribution in [2.45, 2.75) is 27.0 Å². The van der Waals surface area contributed by atoms with E-state index in [-0.39, 0.29) is 0 Å². The van der Waals surface area contributed by atoms with Crippen molar-refractivity contribution in [3.63, 3.8) is 0 Å². The molecule has 7 nitrogen and oxygen atoms in total. The second-order valence-corrected chi connectivity index (χ2v) is 7.38. The molecule has 1 N–H and O–H groups in total. The van der Waals surface area contributed by atoms with Crippen molar-refractivity contribution in [1.29, 1.82) is 0 Å². The molecule has 0 fully saturated rings. The first kappa shape index (κ1) is 22.1. The molecule has 0 bridgehead atoms. The molecule has 0 aliphatic rings. The fourth-order valence-corrected chi connectivity index (χ4v) is 3.49. The lowest BCUT2D eigenvalue weighted by molar-refractivity contribution is -0.742. The fraction of sp³-hybridized carbons (Fsp3) is 0.174. The number of halogens is 1.